The number of rotatable bonds is 8. The van der Waals surface area contributed by atoms with Crippen LogP contribution in [0.15, 0.2) is 87.5 Å². The van der Waals surface area contributed by atoms with Crippen molar-refractivity contribution in [3.63, 3.8) is 0 Å². The minimum absolute atomic E-state index is 0.00695. The summed E-state index contributed by atoms with van der Waals surface area (Å²) >= 11 is 3.42. The quantitative estimate of drug-likeness (QED) is 0.275. The first-order valence-electron chi connectivity index (χ1n) is 11.1. The second-order valence-electron chi connectivity index (χ2n) is 8.22. The van der Waals surface area contributed by atoms with Crippen molar-refractivity contribution in [2.45, 2.75) is 19.0 Å². The number of carbonyl (C=O) groups excluding carboxylic acids is 2. The molecule has 1 amide bonds. The van der Waals surface area contributed by atoms with Gasteiger partial charge in [0.25, 0.3) is 0 Å². The molecule has 4 aromatic rings. The molecule has 0 aliphatic carbocycles. The lowest BCUT2D eigenvalue weighted by atomic mass is 9.95. The molecule has 5 rings (SSSR count). The Morgan fingerprint density at radius 3 is 2.77 bits per heavy atom. The predicted octanol–water partition coefficient (Wildman–Crippen LogP) is 3.29. The summed E-state index contributed by atoms with van der Waals surface area (Å²) in [4.78, 5) is 31.2. The molecular formula is C26H22BrN3O5. The number of para-hydroxylation sites is 1. The van der Waals surface area contributed by atoms with E-state index in [0.29, 0.717) is 41.8 Å². The van der Waals surface area contributed by atoms with Gasteiger partial charge in [-0.05, 0) is 35.6 Å². The molecular weight excluding hydrogens is 514 g/mol. The second kappa shape index (κ2) is 9.42. The zero-order chi connectivity index (χ0) is 24.5. The SMILES string of the molecule is COc1cccc2cc(C(=O)C3=C([O-])C(=O)N(CCC[n+]4cc[nH]c4)C3c3ccc(Br)cc3)oc12. The van der Waals surface area contributed by atoms with Crippen LogP contribution in [0.25, 0.3) is 11.0 Å². The van der Waals surface area contributed by atoms with Crippen molar-refractivity contribution in [2.75, 3.05) is 13.7 Å². The number of furan rings is 1. The van der Waals surface area contributed by atoms with E-state index in [-0.39, 0.29) is 11.3 Å². The van der Waals surface area contributed by atoms with E-state index in [1.54, 1.807) is 24.3 Å². The molecule has 0 bridgehead atoms. The first kappa shape index (κ1) is 22.9. The maximum atomic E-state index is 13.6. The fourth-order valence-electron chi connectivity index (χ4n) is 4.42. The van der Waals surface area contributed by atoms with E-state index in [2.05, 4.69) is 20.9 Å². The highest BCUT2D eigenvalue weighted by Crippen LogP contribution is 2.39. The largest absolute Gasteiger partial charge is 0.868 e. The van der Waals surface area contributed by atoms with Crippen LogP contribution in [-0.4, -0.2) is 35.2 Å². The molecule has 1 atom stereocenters. The summed E-state index contributed by atoms with van der Waals surface area (Å²) in [5.74, 6) is -1.61. The van der Waals surface area contributed by atoms with E-state index in [9.17, 15) is 14.7 Å². The number of halogens is 1. The van der Waals surface area contributed by atoms with Crippen molar-refractivity contribution < 1.29 is 28.4 Å². The Balaban J connectivity index is 1.51. The second-order valence-corrected chi connectivity index (χ2v) is 9.13. The fraction of sp³-hybridized carbons (Fsp3) is 0.192. The van der Waals surface area contributed by atoms with Gasteiger partial charge in [0.15, 0.2) is 17.1 Å². The molecule has 1 N–H and O–H groups in total. The number of methoxy groups -OCH3 is 1. The Bertz CT molecular complexity index is 1420. The van der Waals surface area contributed by atoms with Crippen LogP contribution in [0.4, 0.5) is 0 Å². The van der Waals surface area contributed by atoms with E-state index >= 15 is 0 Å². The average molecular weight is 536 g/mol. The number of Topliss-reactive ketones (excluding diaryl/α,β-unsaturated/α-hetero) is 1. The van der Waals surface area contributed by atoms with Crippen LogP contribution >= 0.6 is 15.9 Å². The number of aromatic nitrogens is 2. The van der Waals surface area contributed by atoms with Crippen molar-refractivity contribution >= 4 is 38.6 Å². The third-order valence-corrected chi connectivity index (χ3v) is 6.61. The van der Waals surface area contributed by atoms with Crippen molar-refractivity contribution in [3.05, 3.63) is 94.4 Å². The Morgan fingerprint density at radius 1 is 1.26 bits per heavy atom. The van der Waals surface area contributed by atoms with Crippen LogP contribution in [-0.2, 0) is 11.3 Å². The number of fused-ring (bicyclic) bond motifs is 1. The summed E-state index contributed by atoms with van der Waals surface area (Å²) in [6, 6.07) is 13.4. The first-order valence-corrected chi connectivity index (χ1v) is 11.9. The van der Waals surface area contributed by atoms with Crippen molar-refractivity contribution in [2.24, 2.45) is 0 Å². The number of ketones is 1. The van der Waals surface area contributed by atoms with Gasteiger partial charge in [0.1, 0.15) is 12.4 Å². The van der Waals surface area contributed by atoms with E-state index in [4.69, 9.17) is 9.15 Å². The fourth-order valence-corrected chi connectivity index (χ4v) is 4.68. The van der Waals surface area contributed by atoms with Gasteiger partial charge in [0, 0.05) is 28.4 Å². The number of aromatic amines is 1. The highest BCUT2D eigenvalue weighted by Gasteiger charge is 2.40. The molecule has 2 aromatic carbocycles. The van der Waals surface area contributed by atoms with Gasteiger partial charge in [0.2, 0.25) is 18.0 Å². The maximum Gasteiger partial charge on any atom is 0.241 e. The zero-order valence-electron chi connectivity index (χ0n) is 18.9. The molecule has 9 heteroatoms. The Kier molecular flexibility index (Phi) is 6.17. The zero-order valence-corrected chi connectivity index (χ0v) is 20.4. The summed E-state index contributed by atoms with van der Waals surface area (Å²) in [7, 11) is 1.51. The monoisotopic (exact) mass is 535 g/mol. The molecule has 0 spiro atoms. The van der Waals surface area contributed by atoms with Gasteiger partial charge in [-0.3, -0.25) is 14.6 Å². The molecule has 178 valence electrons. The Hall–Kier alpha value is -3.85. The molecule has 2 aromatic heterocycles. The molecule has 3 heterocycles. The number of carbonyl (C=O) groups is 2. The molecule has 0 saturated heterocycles. The number of nitrogens with one attached hydrogen (secondary N) is 1. The van der Waals surface area contributed by atoms with Crippen molar-refractivity contribution in [1.29, 1.82) is 0 Å². The lowest BCUT2D eigenvalue weighted by Crippen LogP contribution is -2.37. The van der Waals surface area contributed by atoms with Gasteiger partial charge in [-0.25, -0.2) is 4.57 Å². The topological polar surface area (TPSA) is 102 Å². The lowest BCUT2D eigenvalue weighted by molar-refractivity contribution is -0.695. The van der Waals surface area contributed by atoms with Crippen LogP contribution in [0.3, 0.4) is 0 Å². The molecule has 0 radical (unpaired) electrons. The standard InChI is InChI=1S/C26H22BrN3O5/c1-34-19-5-2-4-17-14-20(35-25(17)19)23(31)21-22(16-6-8-18(27)9-7-16)30(26(33)24(21)32)12-3-11-29-13-10-28-15-29/h2,4-10,13-15,22H,3,11-12H2,1H3,(H,31,32). The Labute approximate surface area is 209 Å². The molecule has 8 nitrogen and oxygen atoms in total. The van der Waals surface area contributed by atoms with Crippen LogP contribution in [0.5, 0.6) is 5.75 Å². The summed E-state index contributed by atoms with van der Waals surface area (Å²) in [6.45, 7) is 0.968. The summed E-state index contributed by atoms with van der Waals surface area (Å²) in [5, 5.41) is 13.8. The lowest BCUT2D eigenvalue weighted by Gasteiger charge is -2.27. The van der Waals surface area contributed by atoms with Gasteiger partial charge < -0.3 is 19.2 Å². The number of nitrogens with zero attached hydrogens (tertiary/aromatic N) is 2. The summed E-state index contributed by atoms with van der Waals surface area (Å²) in [5.41, 5.74) is 0.986. The van der Waals surface area contributed by atoms with E-state index < -0.39 is 23.5 Å². The molecule has 0 saturated carbocycles. The number of benzene rings is 2. The number of ether oxygens (including phenoxy) is 1. The molecule has 35 heavy (non-hydrogen) atoms. The number of hydrogen-bond donors (Lipinski definition) is 1. The van der Waals surface area contributed by atoms with Gasteiger partial charge in [-0.2, -0.15) is 0 Å². The van der Waals surface area contributed by atoms with Gasteiger partial charge >= 0.3 is 0 Å². The third-order valence-electron chi connectivity index (χ3n) is 6.08. The molecule has 1 unspecified atom stereocenters. The number of aryl methyl sites for hydroxylation is 1. The normalized spacial score (nSPS) is 15.9. The first-order chi connectivity index (χ1) is 17.0. The predicted molar refractivity (Wildman–Crippen MR) is 128 cm³/mol. The van der Waals surface area contributed by atoms with Crippen LogP contribution < -0.4 is 14.4 Å². The minimum Gasteiger partial charge on any atom is -0.868 e. The minimum atomic E-state index is -0.804. The average Bonchev–Trinajstić information content (AvgIpc) is 3.59. The highest BCUT2D eigenvalue weighted by molar-refractivity contribution is 9.10. The maximum absolute atomic E-state index is 13.6. The third kappa shape index (κ3) is 4.23. The number of H-pyrrole nitrogens is 1. The number of amides is 1. The Morgan fingerprint density at radius 2 is 2.06 bits per heavy atom. The van der Waals surface area contributed by atoms with E-state index in [1.807, 2.05) is 47.6 Å². The molecule has 0 fully saturated rings. The van der Waals surface area contributed by atoms with Crippen molar-refractivity contribution in [3.8, 4) is 5.75 Å². The summed E-state index contributed by atoms with van der Waals surface area (Å²) in [6.07, 6.45) is 6.13. The molecule has 1 aliphatic rings. The van der Waals surface area contributed by atoms with Gasteiger partial charge in [-0.15, -0.1) is 0 Å². The number of imidazole rings is 1. The summed E-state index contributed by atoms with van der Waals surface area (Å²) < 4.78 is 14.0. The van der Waals surface area contributed by atoms with E-state index in [1.165, 1.54) is 12.0 Å². The number of hydrogen-bond acceptors (Lipinski definition) is 5. The van der Waals surface area contributed by atoms with Crippen LogP contribution in [0, 0.1) is 0 Å². The molecule has 1 aliphatic heterocycles. The van der Waals surface area contributed by atoms with Crippen molar-refractivity contribution in [1.82, 2.24) is 9.88 Å². The van der Waals surface area contributed by atoms with Crippen LogP contribution in [0.2, 0.25) is 0 Å². The van der Waals surface area contributed by atoms with Crippen LogP contribution in [0.1, 0.15) is 28.6 Å². The highest BCUT2D eigenvalue weighted by atomic mass is 79.9. The van der Waals surface area contributed by atoms with E-state index in [0.717, 1.165) is 4.47 Å². The smallest absolute Gasteiger partial charge is 0.241 e. The van der Waals surface area contributed by atoms with Gasteiger partial charge in [-0.1, -0.05) is 40.2 Å². The van der Waals surface area contributed by atoms with Gasteiger partial charge in [0.05, 0.1) is 19.7 Å².